The van der Waals surface area contributed by atoms with Gasteiger partial charge >= 0.3 is 0 Å². The zero-order chi connectivity index (χ0) is 25.1. The van der Waals surface area contributed by atoms with Gasteiger partial charge in [-0.2, -0.15) is 5.26 Å². The second-order valence-electron chi connectivity index (χ2n) is 8.53. The van der Waals surface area contributed by atoms with E-state index in [1.165, 1.54) is 5.56 Å². The molecule has 1 aromatic heterocycles. The smallest absolute Gasteiger partial charge is 0.139 e. The van der Waals surface area contributed by atoms with Gasteiger partial charge in [-0.3, -0.25) is 9.88 Å². The lowest BCUT2D eigenvalue weighted by molar-refractivity contribution is 0.0342. The lowest BCUT2D eigenvalue weighted by Crippen LogP contribution is -2.35. The lowest BCUT2D eigenvalue weighted by Gasteiger charge is -2.27. The van der Waals surface area contributed by atoms with Crippen molar-refractivity contribution >= 4 is 45.5 Å². The number of hydrogen-bond donors (Lipinski definition) is 1. The van der Waals surface area contributed by atoms with Gasteiger partial charge in [0, 0.05) is 37.3 Å². The van der Waals surface area contributed by atoms with Gasteiger partial charge in [-0.25, -0.2) is 0 Å². The molecule has 1 saturated heterocycles. The minimum absolute atomic E-state index is 0.410. The van der Waals surface area contributed by atoms with Crippen LogP contribution in [0.1, 0.15) is 11.1 Å². The molecule has 182 valence electrons. The van der Waals surface area contributed by atoms with Crippen molar-refractivity contribution < 1.29 is 9.47 Å². The van der Waals surface area contributed by atoms with Crippen LogP contribution in [0.15, 0.2) is 60.8 Å². The standard InChI is InChI=1S/C28H24Cl2N4O2/c1-35-27-14-26(23(29)13-24(27)30)33-28-20(15-31)16-32-25-12-18(6-7-22(25)28)21-5-3-2-4-19(21)17-34-8-10-36-11-9-34/h2-7,12-14,16H,8-11,17H2,1H3,(H,32,33). The maximum Gasteiger partial charge on any atom is 0.139 e. The molecule has 0 radical (unpaired) electrons. The summed E-state index contributed by atoms with van der Waals surface area (Å²) in [5.74, 6) is 0.486. The summed E-state index contributed by atoms with van der Waals surface area (Å²) in [7, 11) is 1.54. The van der Waals surface area contributed by atoms with Crippen LogP contribution < -0.4 is 10.1 Å². The summed E-state index contributed by atoms with van der Waals surface area (Å²) in [5.41, 5.74) is 5.88. The summed E-state index contributed by atoms with van der Waals surface area (Å²) in [6.45, 7) is 4.25. The van der Waals surface area contributed by atoms with E-state index in [9.17, 15) is 5.26 Å². The Balaban J connectivity index is 1.54. The SMILES string of the molecule is COc1cc(Nc2c(C#N)cnc3cc(-c4ccccc4CN4CCOCC4)ccc23)c(Cl)cc1Cl. The monoisotopic (exact) mass is 518 g/mol. The molecule has 1 N–H and O–H groups in total. The van der Waals surface area contributed by atoms with Gasteiger partial charge in [-0.15, -0.1) is 0 Å². The van der Waals surface area contributed by atoms with Crippen molar-refractivity contribution in [1.82, 2.24) is 9.88 Å². The molecular formula is C28H24Cl2N4O2. The number of anilines is 2. The quantitative estimate of drug-likeness (QED) is 0.307. The van der Waals surface area contributed by atoms with Crippen molar-refractivity contribution in [2.45, 2.75) is 6.54 Å². The van der Waals surface area contributed by atoms with Crippen LogP contribution in [-0.4, -0.2) is 43.3 Å². The van der Waals surface area contributed by atoms with Crippen LogP contribution >= 0.6 is 23.2 Å². The van der Waals surface area contributed by atoms with Gasteiger partial charge in [0.2, 0.25) is 0 Å². The molecule has 0 aliphatic carbocycles. The summed E-state index contributed by atoms with van der Waals surface area (Å²) < 4.78 is 10.8. The van der Waals surface area contributed by atoms with E-state index < -0.39 is 0 Å². The van der Waals surface area contributed by atoms with Crippen LogP contribution in [0, 0.1) is 11.3 Å². The number of nitrogens with one attached hydrogen (secondary N) is 1. The predicted molar refractivity (Wildman–Crippen MR) is 144 cm³/mol. The van der Waals surface area contributed by atoms with Gasteiger partial charge in [-0.1, -0.05) is 59.6 Å². The third-order valence-corrected chi connectivity index (χ3v) is 6.92. The second-order valence-corrected chi connectivity index (χ2v) is 9.34. The first-order valence-corrected chi connectivity index (χ1v) is 12.3. The Morgan fingerprint density at radius 3 is 2.67 bits per heavy atom. The molecule has 1 fully saturated rings. The summed E-state index contributed by atoms with van der Waals surface area (Å²) in [5, 5.41) is 14.7. The molecule has 0 bridgehead atoms. The molecule has 5 rings (SSSR count). The van der Waals surface area contributed by atoms with Crippen molar-refractivity contribution in [3.05, 3.63) is 82.0 Å². The highest BCUT2D eigenvalue weighted by molar-refractivity contribution is 6.37. The number of morpholine rings is 1. The number of ether oxygens (including phenoxy) is 2. The fraction of sp³-hybridized carbons (Fsp3) is 0.214. The maximum atomic E-state index is 9.77. The average molecular weight is 519 g/mol. The molecule has 1 aliphatic heterocycles. The number of halogens is 2. The lowest BCUT2D eigenvalue weighted by atomic mass is 9.97. The van der Waals surface area contributed by atoms with Crippen molar-refractivity contribution in [3.8, 4) is 22.9 Å². The first kappa shape index (κ1) is 24.4. The highest BCUT2D eigenvalue weighted by Gasteiger charge is 2.16. The second kappa shape index (κ2) is 10.7. The maximum absolute atomic E-state index is 9.77. The Morgan fingerprint density at radius 2 is 1.89 bits per heavy atom. The molecular weight excluding hydrogens is 495 g/mol. The first-order valence-electron chi connectivity index (χ1n) is 11.6. The van der Waals surface area contributed by atoms with E-state index in [0.29, 0.717) is 32.7 Å². The number of nitrogens with zero attached hydrogens (tertiary/aromatic N) is 3. The topological polar surface area (TPSA) is 70.4 Å². The third kappa shape index (κ3) is 4.97. The van der Waals surface area contributed by atoms with Crippen molar-refractivity contribution in [3.63, 3.8) is 0 Å². The molecule has 0 unspecified atom stereocenters. The number of nitriles is 1. The van der Waals surface area contributed by atoms with Gasteiger partial charge in [0.1, 0.15) is 11.8 Å². The van der Waals surface area contributed by atoms with E-state index in [-0.39, 0.29) is 0 Å². The normalized spacial score (nSPS) is 13.9. The van der Waals surface area contributed by atoms with E-state index >= 15 is 0 Å². The van der Waals surface area contributed by atoms with Crippen LogP contribution in [0.4, 0.5) is 11.4 Å². The number of benzene rings is 3. The van der Waals surface area contributed by atoms with Crippen molar-refractivity contribution in [2.75, 3.05) is 38.7 Å². The number of fused-ring (bicyclic) bond motifs is 1. The zero-order valence-corrected chi connectivity index (χ0v) is 21.2. The van der Waals surface area contributed by atoms with E-state index in [0.717, 1.165) is 54.9 Å². The Labute approximate surface area is 220 Å². The highest BCUT2D eigenvalue weighted by Crippen LogP contribution is 2.38. The van der Waals surface area contributed by atoms with Gasteiger partial charge in [-0.05, 0) is 28.8 Å². The molecule has 4 aromatic rings. The third-order valence-electron chi connectivity index (χ3n) is 6.32. The van der Waals surface area contributed by atoms with Gasteiger partial charge in [0.15, 0.2) is 0 Å². The predicted octanol–water partition coefficient (Wildman–Crippen LogP) is 6.66. The van der Waals surface area contributed by atoms with Gasteiger partial charge < -0.3 is 14.8 Å². The van der Waals surface area contributed by atoms with E-state index in [1.54, 1.807) is 25.4 Å². The van der Waals surface area contributed by atoms with Crippen molar-refractivity contribution in [2.24, 2.45) is 0 Å². The van der Waals surface area contributed by atoms with Crippen LogP contribution in [0.5, 0.6) is 5.75 Å². The molecule has 0 amide bonds. The number of aromatic nitrogens is 1. The van der Waals surface area contributed by atoms with Crippen molar-refractivity contribution in [1.29, 1.82) is 5.26 Å². The Hall–Kier alpha value is -3.34. The number of pyridine rings is 1. The van der Waals surface area contributed by atoms with E-state index in [4.69, 9.17) is 32.7 Å². The number of methoxy groups -OCH3 is 1. The van der Waals surface area contributed by atoms with Crippen LogP contribution in [0.3, 0.4) is 0 Å². The molecule has 1 aliphatic rings. The fourth-order valence-electron chi connectivity index (χ4n) is 4.44. The molecule has 0 saturated carbocycles. The minimum atomic E-state index is 0.410. The van der Waals surface area contributed by atoms with Crippen LogP contribution in [-0.2, 0) is 11.3 Å². The van der Waals surface area contributed by atoms with E-state index in [1.807, 2.05) is 6.07 Å². The fourth-order valence-corrected chi connectivity index (χ4v) is 4.94. The number of rotatable bonds is 6. The largest absolute Gasteiger partial charge is 0.495 e. The highest BCUT2D eigenvalue weighted by atomic mass is 35.5. The first-order chi connectivity index (χ1) is 17.6. The average Bonchev–Trinajstić information content (AvgIpc) is 2.91. The Kier molecular flexibility index (Phi) is 7.26. The minimum Gasteiger partial charge on any atom is -0.495 e. The molecule has 8 heteroatoms. The van der Waals surface area contributed by atoms with Gasteiger partial charge in [0.05, 0.1) is 52.8 Å². The molecule has 0 spiro atoms. The van der Waals surface area contributed by atoms with Crippen LogP contribution in [0.2, 0.25) is 10.0 Å². The number of hydrogen-bond acceptors (Lipinski definition) is 6. The summed E-state index contributed by atoms with van der Waals surface area (Å²) >= 11 is 12.6. The summed E-state index contributed by atoms with van der Waals surface area (Å²) in [6, 6.07) is 20.1. The Bertz CT molecular complexity index is 1460. The van der Waals surface area contributed by atoms with E-state index in [2.05, 4.69) is 57.7 Å². The molecule has 2 heterocycles. The molecule has 36 heavy (non-hydrogen) atoms. The molecule has 0 atom stereocenters. The Morgan fingerprint density at radius 1 is 1.08 bits per heavy atom. The summed E-state index contributed by atoms with van der Waals surface area (Å²) in [6.07, 6.45) is 1.58. The van der Waals surface area contributed by atoms with Crippen LogP contribution in [0.25, 0.3) is 22.0 Å². The molecule has 3 aromatic carbocycles. The zero-order valence-electron chi connectivity index (χ0n) is 19.7. The summed E-state index contributed by atoms with van der Waals surface area (Å²) in [4.78, 5) is 7.00. The van der Waals surface area contributed by atoms with Gasteiger partial charge in [0.25, 0.3) is 0 Å². The molecule has 6 nitrogen and oxygen atoms in total.